The van der Waals surface area contributed by atoms with Crippen molar-refractivity contribution in [3.8, 4) is 0 Å². The zero-order chi connectivity index (χ0) is 24.3. The van der Waals surface area contributed by atoms with E-state index in [0.29, 0.717) is 22.6 Å². The highest BCUT2D eigenvalue weighted by Crippen LogP contribution is 2.24. The first kappa shape index (κ1) is 24.1. The molecule has 4 rings (SSSR count). The number of aromatic nitrogens is 1. The van der Waals surface area contributed by atoms with Crippen LogP contribution in [0.15, 0.2) is 99.8 Å². The van der Waals surface area contributed by atoms with Gasteiger partial charge < -0.3 is 4.57 Å². The Morgan fingerprint density at radius 2 is 1.82 bits per heavy atom. The smallest absolute Gasteiger partial charge is 0.279 e. The molecule has 0 atom stereocenters. The molecule has 0 fully saturated rings. The number of carbonyl (C=O) groups is 1. The Balaban J connectivity index is 1.67. The van der Waals surface area contributed by atoms with Gasteiger partial charge in [0.05, 0.1) is 20.8 Å². The Bertz CT molecular complexity index is 1520. The number of benzene rings is 3. The SMILES string of the molecule is C=CCn1c(=NC(=O)c2ccc(S(=O)(=O)N(CC)c3ccccc3)cc2)sc2cc(Br)ccc21. The summed E-state index contributed by atoms with van der Waals surface area (Å²) in [5.74, 6) is -0.442. The number of rotatable bonds is 7. The molecule has 0 N–H and O–H groups in total. The van der Waals surface area contributed by atoms with E-state index >= 15 is 0 Å². The molecule has 0 radical (unpaired) electrons. The molecule has 3 aromatic carbocycles. The number of para-hydroxylation sites is 1. The van der Waals surface area contributed by atoms with E-state index in [1.165, 1.54) is 39.9 Å². The van der Waals surface area contributed by atoms with Crippen LogP contribution in [0.4, 0.5) is 5.69 Å². The Labute approximate surface area is 210 Å². The van der Waals surface area contributed by atoms with Crippen LogP contribution in [-0.4, -0.2) is 25.4 Å². The minimum atomic E-state index is -3.77. The van der Waals surface area contributed by atoms with Gasteiger partial charge in [0.2, 0.25) is 0 Å². The zero-order valence-electron chi connectivity index (χ0n) is 18.4. The summed E-state index contributed by atoms with van der Waals surface area (Å²) in [6.07, 6.45) is 1.75. The van der Waals surface area contributed by atoms with Gasteiger partial charge in [-0.15, -0.1) is 6.58 Å². The summed E-state index contributed by atoms with van der Waals surface area (Å²) in [6, 6.07) is 20.7. The van der Waals surface area contributed by atoms with Crippen LogP contribution in [0.3, 0.4) is 0 Å². The lowest BCUT2D eigenvalue weighted by Gasteiger charge is -2.22. The number of sulfonamides is 1. The molecular formula is C25H22BrN3O3S2. The van der Waals surface area contributed by atoms with Gasteiger partial charge in [-0.05, 0) is 61.5 Å². The molecule has 9 heteroatoms. The van der Waals surface area contributed by atoms with E-state index in [0.717, 1.165) is 14.7 Å². The molecular weight excluding hydrogens is 534 g/mol. The quantitative estimate of drug-likeness (QED) is 0.278. The lowest BCUT2D eigenvalue weighted by Crippen LogP contribution is -2.30. The molecule has 4 aromatic rings. The van der Waals surface area contributed by atoms with E-state index in [-0.39, 0.29) is 11.4 Å². The minimum Gasteiger partial charge on any atom is -0.312 e. The maximum Gasteiger partial charge on any atom is 0.279 e. The standard InChI is InChI=1S/C25H22BrN3O3S2/c1-3-16-28-22-15-12-19(26)17-23(22)33-25(28)27-24(30)18-10-13-21(14-11-18)34(31,32)29(4-2)20-8-6-5-7-9-20/h3,5-15,17H,1,4,16H2,2H3. The van der Waals surface area contributed by atoms with Crippen molar-refractivity contribution in [3.63, 3.8) is 0 Å². The first-order valence-electron chi connectivity index (χ1n) is 10.5. The lowest BCUT2D eigenvalue weighted by atomic mass is 10.2. The van der Waals surface area contributed by atoms with E-state index < -0.39 is 15.9 Å². The summed E-state index contributed by atoms with van der Waals surface area (Å²) in [5, 5.41) is 0. The second-order valence-electron chi connectivity index (χ2n) is 7.34. The van der Waals surface area contributed by atoms with Crippen LogP contribution in [0.2, 0.25) is 0 Å². The summed E-state index contributed by atoms with van der Waals surface area (Å²) >= 11 is 4.88. The number of hydrogen-bond donors (Lipinski definition) is 0. The minimum absolute atomic E-state index is 0.114. The Morgan fingerprint density at radius 1 is 1.12 bits per heavy atom. The van der Waals surface area contributed by atoms with Gasteiger partial charge in [-0.1, -0.05) is 51.5 Å². The van der Waals surface area contributed by atoms with Crippen LogP contribution in [-0.2, 0) is 16.6 Å². The third-order valence-electron chi connectivity index (χ3n) is 5.17. The maximum absolute atomic E-state index is 13.2. The van der Waals surface area contributed by atoms with E-state index in [9.17, 15) is 13.2 Å². The fraction of sp³-hybridized carbons (Fsp3) is 0.120. The second-order valence-corrected chi connectivity index (χ2v) is 11.1. The van der Waals surface area contributed by atoms with Gasteiger partial charge in [0, 0.05) is 23.1 Å². The van der Waals surface area contributed by atoms with Gasteiger partial charge in [0.1, 0.15) is 0 Å². The van der Waals surface area contributed by atoms with Crippen LogP contribution in [0.25, 0.3) is 10.2 Å². The molecule has 0 aliphatic carbocycles. The van der Waals surface area contributed by atoms with Gasteiger partial charge >= 0.3 is 0 Å². The van der Waals surface area contributed by atoms with Crippen molar-refractivity contribution in [1.29, 1.82) is 0 Å². The average Bonchev–Trinajstić information content (AvgIpc) is 3.16. The van der Waals surface area contributed by atoms with Crippen molar-refractivity contribution in [2.75, 3.05) is 10.8 Å². The monoisotopic (exact) mass is 555 g/mol. The van der Waals surface area contributed by atoms with E-state index in [2.05, 4.69) is 27.5 Å². The van der Waals surface area contributed by atoms with Gasteiger partial charge in [-0.3, -0.25) is 9.10 Å². The highest BCUT2D eigenvalue weighted by molar-refractivity contribution is 9.10. The number of carbonyl (C=O) groups excluding carboxylic acids is 1. The van der Waals surface area contributed by atoms with Crippen LogP contribution in [0.1, 0.15) is 17.3 Å². The number of hydrogen-bond acceptors (Lipinski definition) is 4. The average molecular weight is 557 g/mol. The number of thiazole rings is 1. The van der Waals surface area contributed by atoms with E-state index in [1.807, 2.05) is 28.8 Å². The largest absolute Gasteiger partial charge is 0.312 e. The highest BCUT2D eigenvalue weighted by Gasteiger charge is 2.23. The summed E-state index contributed by atoms with van der Waals surface area (Å²) < 4.78 is 31.6. The molecule has 1 aromatic heterocycles. The van der Waals surface area contributed by atoms with Gasteiger partial charge in [0.15, 0.2) is 4.80 Å². The predicted molar refractivity (Wildman–Crippen MR) is 141 cm³/mol. The van der Waals surface area contributed by atoms with Crippen LogP contribution >= 0.6 is 27.3 Å². The van der Waals surface area contributed by atoms with Gasteiger partial charge in [0.25, 0.3) is 15.9 Å². The molecule has 6 nitrogen and oxygen atoms in total. The Hall–Kier alpha value is -3.01. The predicted octanol–water partition coefficient (Wildman–Crippen LogP) is 5.61. The maximum atomic E-state index is 13.2. The molecule has 174 valence electrons. The lowest BCUT2D eigenvalue weighted by molar-refractivity contribution is 0.0998. The zero-order valence-corrected chi connectivity index (χ0v) is 21.6. The van der Waals surface area contributed by atoms with Gasteiger partial charge in [-0.25, -0.2) is 8.42 Å². The number of allylic oxidation sites excluding steroid dienone is 1. The molecule has 34 heavy (non-hydrogen) atoms. The summed E-state index contributed by atoms with van der Waals surface area (Å²) in [7, 11) is -3.77. The number of halogens is 1. The van der Waals surface area contributed by atoms with Crippen LogP contribution in [0, 0.1) is 0 Å². The summed E-state index contributed by atoms with van der Waals surface area (Å²) in [4.78, 5) is 17.9. The van der Waals surface area contributed by atoms with Crippen LogP contribution < -0.4 is 9.11 Å². The molecule has 0 aliphatic rings. The van der Waals surface area contributed by atoms with Crippen LogP contribution in [0.5, 0.6) is 0 Å². The molecule has 0 unspecified atom stereocenters. The van der Waals surface area contributed by atoms with Crippen molar-refractivity contribution in [1.82, 2.24) is 4.57 Å². The summed E-state index contributed by atoms with van der Waals surface area (Å²) in [6.45, 7) is 6.38. The fourth-order valence-corrected chi connectivity index (χ4v) is 6.63. The van der Waals surface area contributed by atoms with E-state index in [4.69, 9.17) is 0 Å². The van der Waals surface area contributed by atoms with Crippen molar-refractivity contribution in [3.05, 3.63) is 100 Å². The molecule has 0 bridgehead atoms. The third-order valence-corrected chi connectivity index (χ3v) is 8.63. The molecule has 0 saturated carbocycles. The number of fused-ring (bicyclic) bond motifs is 1. The number of anilines is 1. The second kappa shape index (κ2) is 10.1. The molecule has 0 saturated heterocycles. The third kappa shape index (κ3) is 4.77. The Morgan fingerprint density at radius 3 is 2.47 bits per heavy atom. The molecule has 1 heterocycles. The molecule has 0 spiro atoms. The van der Waals surface area contributed by atoms with Crippen molar-refractivity contribution in [2.24, 2.45) is 4.99 Å². The first-order valence-corrected chi connectivity index (χ1v) is 13.6. The fourth-order valence-electron chi connectivity index (χ4n) is 3.57. The number of amides is 1. The van der Waals surface area contributed by atoms with Crippen molar-refractivity contribution < 1.29 is 13.2 Å². The van der Waals surface area contributed by atoms with Gasteiger partial charge in [-0.2, -0.15) is 4.99 Å². The van der Waals surface area contributed by atoms with Crippen molar-refractivity contribution >= 4 is 59.1 Å². The molecule has 1 amide bonds. The topological polar surface area (TPSA) is 71.7 Å². The molecule has 0 aliphatic heterocycles. The first-order chi connectivity index (χ1) is 16.3. The normalized spacial score (nSPS) is 12.1. The van der Waals surface area contributed by atoms with E-state index in [1.54, 1.807) is 37.3 Å². The highest BCUT2D eigenvalue weighted by atomic mass is 79.9. The number of nitrogens with zero attached hydrogens (tertiary/aromatic N) is 3. The Kier molecular flexibility index (Phi) is 7.16. The van der Waals surface area contributed by atoms with Crippen molar-refractivity contribution in [2.45, 2.75) is 18.4 Å². The summed E-state index contributed by atoms with van der Waals surface area (Å²) in [5.41, 5.74) is 1.86.